The standard InChI is InChI=1S/C21H24ClNO4/c1-24-21(7-8-25-14-21)19-11-18(12-20(22)23-19)27-17-9-16(10-17)26-13-15-5-3-2-4-6-15/h2-6,11-12,16-17H,7-10,13-14H2,1H3. The summed E-state index contributed by atoms with van der Waals surface area (Å²) in [5.41, 5.74) is 1.42. The van der Waals surface area contributed by atoms with Crippen LogP contribution in [0.2, 0.25) is 5.15 Å². The average molecular weight is 390 g/mol. The fraction of sp³-hybridized carbons (Fsp3) is 0.476. The van der Waals surface area contributed by atoms with Gasteiger partial charge in [-0.3, -0.25) is 0 Å². The number of hydrogen-bond acceptors (Lipinski definition) is 5. The molecule has 27 heavy (non-hydrogen) atoms. The van der Waals surface area contributed by atoms with Crippen LogP contribution in [-0.4, -0.2) is 37.5 Å². The van der Waals surface area contributed by atoms with Crippen LogP contribution in [0.4, 0.5) is 0 Å². The molecule has 1 atom stereocenters. The van der Waals surface area contributed by atoms with E-state index >= 15 is 0 Å². The van der Waals surface area contributed by atoms with Crippen LogP contribution in [0.25, 0.3) is 0 Å². The molecule has 0 radical (unpaired) electrons. The molecule has 4 rings (SSSR count). The van der Waals surface area contributed by atoms with Crippen molar-refractivity contribution in [3.05, 3.63) is 58.9 Å². The molecule has 0 bridgehead atoms. The number of nitrogens with zero attached hydrogens (tertiary/aromatic N) is 1. The van der Waals surface area contributed by atoms with Crippen molar-refractivity contribution in [2.45, 2.75) is 43.7 Å². The van der Waals surface area contributed by atoms with Crippen LogP contribution in [0.1, 0.15) is 30.5 Å². The fourth-order valence-electron chi connectivity index (χ4n) is 3.52. The first-order valence-corrected chi connectivity index (χ1v) is 9.68. The molecule has 1 aromatic carbocycles. The van der Waals surface area contributed by atoms with E-state index in [4.69, 9.17) is 30.5 Å². The molecule has 5 nitrogen and oxygen atoms in total. The second kappa shape index (κ2) is 8.15. The van der Waals surface area contributed by atoms with E-state index in [2.05, 4.69) is 17.1 Å². The van der Waals surface area contributed by atoms with Crippen molar-refractivity contribution in [1.82, 2.24) is 4.98 Å². The number of ether oxygens (including phenoxy) is 4. The molecule has 0 amide bonds. The van der Waals surface area contributed by atoms with Crippen molar-refractivity contribution in [3.63, 3.8) is 0 Å². The van der Waals surface area contributed by atoms with Crippen LogP contribution in [-0.2, 0) is 26.4 Å². The van der Waals surface area contributed by atoms with Crippen LogP contribution in [0.15, 0.2) is 42.5 Å². The topological polar surface area (TPSA) is 49.8 Å². The van der Waals surface area contributed by atoms with E-state index in [0.717, 1.165) is 30.7 Å². The van der Waals surface area contributed by atoms with Gasteiger partial charge in [-0.2, -0.15) is 0 Å². The Morgan fingerprint density at radius 2 is 2.00 bits per heavy atom. The van der Waals surface area contributed by atoms with Gasteiger partial charge < -0.3 is 18.9 Å². The third kappa shape index (κ3) is 4.27. The maximum absolute atomic E-state index is 6.23. The van der Waals surface area contributed by atoms with Gasteiger partial charge in [-0.1, -0.05) is 41.9 Å². The van der Waals surface area contributed by atoms with Gasteiger partial charge in [-0.05, 0) is 5.56 Å². The van der Waals surface area contributed by atoms with E-state index in [1.54, 1.807) is 13.2 Å². The Hall–Kier alpha value is -1.66. The summed E-state index contributed by atoms with van der Waals surface area (Å²) in [4.78, 5) is 4.44. The lowest BCUT2D eigenvalue weighted by Crippen LogP contribution is -2.39. The van der Waals surface area contributed by atoms with Gasteiger partial charge in [0.15, 0.2) is 0 Å². The van der Waals surface area contributed by atoms with Gasteiger partial charge in [0.25, 0.3) is 0 Å². The summed E-state index contributed by atoms with van der Waals surface area (Å²) >= 11 is 6.23. The third-order valence-electron chi connectivity index (χ3n) is 5.29. The SMILES string of the molecule is COC1(c2cc(OC3CC(OCc4ccccc4)C3)cc(Cl)n2)CCOC1. The number of rotatable bonds is 7. The molecule has 144 valence electrons. The average Bonchev–Trinajstić information content (AvgIpc) is 3.14. The Morgan fingerprint density at radius 3 is 2.70 bits per heavy atom. The highest BCUT2D eigenvalue weighted by Crippen LogP contribution is 2.36. The Labute approximate surface area is 164 Å². The molecule has 2 aliphatic rings. The van der Waals surface area contributed by atoms with Crippen LogP contribution in [0.3, 0.4) is 0 Å². The Balaban J connectivity index is 1.33. The first kappa shape index (κ1) is 18.7. The number of methoxy groups -OCH3 is 1. The predicted octanol–water partition coefficient (Wildman–Crippen LogP) is 4.12. The van der Waals surface area contributed by atoms with Gasteiger partial charge >= 0.3 is 0 Å². The first-order valence-electron chi connectivity index (χ1n) is 9.30. The molecule has 1 aliphatic carbocycles. The minimum Gasteiger partial charge on any atom is -0.490 e. The van der Waals surface area contributed by atoms with Crippen molar-refractivity contribution >= 4 is 11.6 Å². The highest BCUT2D eigenvalue weighted by atomic mass is 35.5. The number of benzene rings is 1. The van der Waals surface area contributed by atoms with Crippen LogP contribution in [0.5, 0.6) is 5.75 Å². The molecule has 1 saturated heterocycles. The number of aromatic nitrogens is 1. The zero-order valence-corrected chi connectivity index (χ0v) is 16.2. The van der Waals surface area contributed by atoms with Crippen molar-refractivity contribution < 1.29 is 18.9 Å². The maximum atomic E-state index is 6.23. The summed E-state index contributed by atoms with van der Waals surface area (Å²) < 4.78 is 23.3. The van der Waals surface area contributed by atoms with Gasteiger partial charge in [0, 0.05) is 45.1 Å². The molecule has 0 N–H and O–H groups in total. The molecule has 1 unspecified atom stereocenters. The van der Waals surface area contributed by atoms with Crippen molar-refractivity contribution in [1.29, 1.82) is 0 Å². The van der Waals surface area contributed by atoms with Gasteiger partial charge in [0.2, 0.25) is 0 Å². The summed E-state index contributed by atoms with van der Waals surface area (Å²) in [5.74, 6) is 0.722. The van der Waals surface area contributed by atoms with Gasteiger partial charge in [-0.15, -0.1) is 0 Å². The highest BCUT2D eigenvalue weighted by molar-refractivity contribution is 6.29. The molecule has 1 saturated carbocycles. The Morgan fingerprint density at radius 1 is 1.19 bits per heavy atom. The molecular weight excluding hydrogens is 366 g/mol. The summed E-state index contributed by atoms with van der Waals surface area (Å²) in [6, 6.07) is 13.9. The number of hydrogen-bond donors (Lipinski definition) is 0. The van der Waals surface area contributed by atoms with E-state index in [9.17, 15) is 0 Å². The summed E-state index contributed by atoms with van der Waals surface area (Å²) in [5, 5.41) is 0.405. The molecule has 1 aromatic heterocycles. The molecular formula is C21H24ClNO4. The van der Waals surface area contributed by atoms with Gasteiger partial charge in [0.05, 0.1) is 25.0 Å². The third-order valence-corrected chi connectivity index (χ3v) is 5.49. The van der Waals surface area contributed by atoms with E-state index in [-0.39, 0.29) is 12.2 Å². The van der Waals surface area contributed by atoms with Crippen molar-refractivity contribution in [2.24, 2.45) is 0 Å². The van der Waals surface area contributed by atoms with Crippen LogP contribution < -0.4 is 4.74 Å². The zero-order valence-electron chi connectivity index (χ0n) is 15.4. The monoisotopic (exact) mass is 389 g/mol. The predicted molar refractivity (Wildman–Crippen MR) is 102 cm³/mol. The summed E-state index contributed by atoms with van der Waals surface area (Å²) in [6.07, 6.45) is 2.88. The minimum absolute atomic E-state index is 0.135. The lowest BCUT2D eigenvalue weighted by Gasteiger charge is -2.35. The van der Waals surface area contributed by atoms with E-state index in [1.165, 1.54) is 5.56 Å². The normalized spacial score (nSPS) is 27.3. The van der Waals surface area contributed by atoms with E-state index < -0.39 is 5.60 Å². The number of pyridine rings is 1. The van der Waals surface area contributed by atoms with E-state index in [1.807, 2.05) is 24.3 Å². The molecule has 2 aromatic rings. The zero-order chi connectivity index (χ0) is 18.7. The molecule has 6 heteroatoms. The minimum atomic E-state index is -0.538. The lowest BCUT2D eigenvalue weighted by atomic mass is 9.91. The second-order valence-electron chi connectivity index (χ2n) is 7.14. The van der Waals surface area contributed by atoms with Gasteiger partial charge in [-0.25, -0.2) is 4.98 Å². The lowest BCUT2D eigenvalue weighted by molar-refractivity contribution is -0.0686. The molecule has 0 spiro atoms. The summed E-state index contributed by atoms with van der Waals surface area (Å²) in [6.45, 7) is 1.77. The second-order valence-corrected chi connectivity index (χ2v) is 7.53. The molecule has 2 heterocycles. The van der Waals surface area contributed by atoms with Crippen LogP contribution >= 0.6 is 11.6 Å². The maximum Gasteiger partial charge on any atom is 0.135 e. The van der Waals surface area contributed by atoms with Crippen molar-refractivity contribution in [3.8, 4) is 5.75 Å². The summed E-state index contributed by atoms with van der Waals surface area (Å²) in [7, 11) is 1.68. The smallest absolute Gasteiger partial charge is 0.135 e. The fourth-order valence-corrected chi connectivity index (χ4v) is 3.72. The number of halogens is 1. The Bertz CT molecular complexity index is 758. The van der Waals surface area contributed by atoms with Crippen molar-refractivity contribution in [2.75, 3.05) is 20.3 Å². The van der Waals surface area contributed by atoms with E-state index in [0.29, 0.717) is 25.0 Å². The molecule has 2 fully saturated rings. The molecule has 1 aliphatic heterocycles. The highest BCUT2D eigenvalue weighted by Gasteiger charge is 2.39. The van der Waals surface area contributed by atoms with Crippen LogP contribution in [0, 0.1) is 0 Å². The quantitative estimate of drug-likeness (QED) is 0.666. The Kier molecular flexibility index (Phi) is 5.64. The van der Waals surface area contributed by atoms with Gasteiger partial charge in [0.1, 0.15) is 22.6 Å². The largest absolute Gasteiger partial charge is 0.490 e. The first-order chi connectivity index (χ1) is 13.2.